The number of rotatable bonds is 6. The molecule has 1 saturated carbocycles. The molecule has 23 heavy (non-hydrogen) atoms. The summed E-state index contributed by atoms with van der Waals surface area (Å²) in [6.07, 6.45) is 3.16. The Morgan fingerprint density at radius 3 is 2.65 bits per heavy atom. The minimum Gasteiger partial charge on any atom is -0.392 e. The Kier molecular flexibility index (Phi) is 5.34. The number of aryl methyl sites for hydroxylation is 1. The van der Waals surface area contributed by atoms with Crippen molar-refractivity contribution in [1.82, 2.24) is 15.1 Å². The fraction of sp³-hybridized carbons (Fsp3) is 0.765. The van der Waals surface area contributed by atoms with Crippen molar-refractivity contribution in [2.75, 3.05) is 11.9 Å². The van der Waals surface area contributed by atoms with Crippen molar-refractivity contribution in [3.05, 3.63) is 11.8 Å². The molecule has 1 atom stereocenters. The average molecular weight is 322 g/mol. The quantitative estimate of drug-likeness (QED) is 0.753. The molecule has 0 spiro atoms. The Morgan fingerprint density at radius 2 is 2.13 bits per heavy atom. The van der Waals surface area contributed by atoms with Crippen molar-refractivity contribution in [1.29, 1.82) is 0 Å². The normalized spacial score (nSPS) is 17.0. The predicted molar refractivity (Wildman–Crippen MR) is 91.4 cm³/mol. The van der Waals surface area contributed by atoms with E-state index < -0.39 is 6.10 Å². The third kappa shape index (κ3) is 4.25. The van der Waals surface area contributed by atoms with E-state index in [1.165, 1.54) is 19.3 Å². The number of amides is 2. The molecule has 0 aliphatic heterocycles. The molecule has 1 aliphatic rings. The molecular weight excluding hydrogens is 292 g/mol. The molecule has 1 unspecified atom stereocenters. The zero-order valence-electron chi connectivity index (χ0n) is 14.9. The first kappa shape index (κ1) is 17.8. The lowest BCUT2D eigenvalue weighted by Gasteiger charge is -2.33. The lowest BCUT2D eigenvalue weighted by molar-refractivity contribution is 0.0154. The summed E-state index contributed by atoms with van der Waals surface area (Å²) in [7, 11) is 1.84. The maximum Gasteiger partial charge on any atom is 0.320 e. The summed E-state index contributed by atoms with van der Waals surface area (Å²) in [5.41, 5.74) is 0.680. The smallest absolute Gasteiger partial charge is 0.320 e. The highest BCUT2D eigenvalue weighted by molar-refractivity contribution is 5.88. The standard InChI is InChI=1S/C17H30N4O2/c1-11(2)15(22)17(3,4)10-18-16(23)19-14-9-13(20-21(14)5)12-7-6-8-12/h9,11-12,15,22H,6-8,10H2,1-5H3,(H2,18,19,23). The second-order valence-electron chi connectivity index (χ2n) is 7.69. The van der Waals surface area contributed by atoms with E-state index in [9.17, 15) is 9.90 Å². The van der Waals surface area contributed by atoms with E-state index in [1.54, 1.807) is 4.68 Å². The largest absolute Gasteiger partial charge is 0.392 e. The predicted octanol–water partition coefficient (Wildman–Crippen LogP) is 2.85. The van der Waals surface area contributed by atoms with Gasteiger partial charge in [0.2, 0.25) is 0 Å². The molecule has 1 aromatic rings. The molecule has 1 aliphatic carbocycles. The van der Waals surface area contributed by atoms with Gasteiger partial charge in [0.05, 0.1) is 11.8 Å². The number of anilines is 1. The Hall–Kier alpha value is -1.56. The van der Waals surface area contributed by atoms with Gasteiger partial charge in [-0.25, -0.2) is 4.79 Å². The summed E-state index contributed by atoms with van der Waals surface area (Å²) >= 11 is 0. The van der Waals surface area contributed by atoms with E-state index in [2.05, 4.69) is 15.7 Å². The Bertz CT molecular complexity index is 547. The van der Waals surface area contributed by atoms with Gasteiger partial charge in [-0.2, -0.15) is 5.10 Å². The van der Waals surface area contributed by atoms with Crippen LogP contribution in [0.1, 0.15) is 58.6 Å². The maximum atomic E-state index is 12.1. The minimum atomic E-state index is -0.468. The molecule has 1 heterocycles. The second kappa shape index (κ2) is 6.91. The number of hydrogen-bond donors (Lipinski definition) is 3. The van der Waals surface area contributed by atoms with Gasteiger partial charge in [0.15, 0.2) is 0 Å². The van der Waals surface area contributed by atoms with Crippen LogP contribution in [-0.4, -0.2) is 33.6 Å². The molecule has 2 amide bonds. The number of urea groups is 1. The number of nitrogens with one attached hydrogen (secondary N) is 2. The monoisotopic (exact) mass is 322 g/mol. The number of hydrogen-bond acceptors (Lipinski definition) is 3. The molecule has 0 bridgehead atoms. The van der Waals surface area contributed by atoms with E-state index in [4.69, 9.17) is 0 Å². The molecule has 2 rings (SSSR count). The molecule has 1 fully saturated rings. The van der Waals surface area contributed by atoms with E-state index >= 15 is 0 Å². The number of carbonyl (C=O) groups is 1. The summed E-state index contributed by atoms with van der Waals surface area (Å²) < 4.78 is 1.71. The number of nitrogens with zero attached hydrogens (tertiary/aromatic N) is 2. The maximum absolute atomic E-state index is 12.1. The van der Waals surface area contributed by atoms with Crippen molar-refractivity contribution < 1.29 is 9.90 Å². The van der Waals surface area contributed by atoms with Gasteiger partial charge in [-0.3, -0.25) is 10.00 Å². The fourth-order valence-corrected chi connectivity index (χ4v) is 2.99. The molecule has 6 heteroatoms. The highest BCUT2D eigenvalue weighted by atomic mass is 16.3. The van der Waals surface area contributed by atoms with Crippen LogP contribution in [0.2, 0.25) is 0 Å². The zero-order chi connectivity index (χ0) is 17.2. The first-order valence-electron chi connectivity index (χ1n) is 8.47. The van der Waals surface area contributed by atoms with Crippen LogP contribution in [0, 0.1) is 11.3 Å². The fourth-order valence-electron chi connectivity index (χ4n) is 2.99. The van der Waals surface area contributed by atoms with Crippen LogP contribution in [0.25, 0.3) is 0 Å². The lowest BCUT2D eigenvalue weighted by Crippen LogP contribution is -2.44. The molecule has 0 saturated heterocycles. The topological polar surface area (TPSA) is 79.2 Å². The summed E-state index contributed by atoms with van der Waals surface area (Å²) in [6.45, 7) is 8.27. The van der Waals surface area contributed by atoms with Gasteiger partial charge >= 0.3 is 6.03 Å². The van der Waals surface area contributed by atoms with E-state index in [0.717, 1.165) is 5.69 Å². The number of carbonyl (C=O) groups excluding carboxylic acids is 1. The molecule has 1 aromatic heterocycles. The molecular formula is C17H30N4O2. The van der Waals surface area contributed by atoms with E-state index in [1.807, 2.05) is 40.8 Å². The van der Waals surface area contributed by atoms with Crippen LogP contribution >= 0.6 is 0 Å². The van der Waals surface area contributed by atoms with E-state index in [-0.39, 0.29) is 17.4 Å². The van der Waals surface area contributed by atoms with Crippen molar-refractivity contribution in [2.24, 2.45) is 18.4 Å². The van der Waals surface area contributed by atoms with Gasteiger partial charge < -0.3 is 10.4 Å². The molecule has 6 nitrogen and oxygen atoms in total. The summed E-state index contributed by atoms with van der Waals surface area (Å²) in [4.78, 5) is 12.1. The molecule has 0 aromatic carbocycles. The summed E-state index contributed by atoms with van der Waals surface area (Å²) in [5, 5.41) is 20.4. The minimum absolute atomic E-state index is 0.150. The van der Waals surface area contributed by atoms with Crippen molar-refractivity contribution >= 4 is 11.8 Å². The number of aliphatic hydroxyl groups is 1. The third-order valence-corrected chi connectivity index (χ3v) is 4.80. The highest BCUT2D eigenvalue weighted by Crippen LogP contribution is 2.36. The molecule has 0 radical (unpaired) electrons. The third-order valence-electron chi connectivity index (χ3n) is 4.80. The Labute approximate surface area is 138 Å². The number of aromatic nitrogens is 2. The number of aliphatic hydroxyl groups excluding tert-OH is 1. The SMILES string of the molecule is CC(C)C(O)C(C)(C)CNC(=O)Nc1cc(C2CCC2)nn1C. The first-order valence-corrected chi connectivity index (χ1v) is 8.47. The molecule has 3 N–H and O–H groups in total. The van der Waals surface area contributed by atoms with Crippen LogP contribution in [0.4, 0.5) is 10.6 Å². The van der Waals surface area contributed by atoms with Crippen molar-refractivity contribution in [3.8, 4) is 0 Å². The lowest BCUT2D eigenvalue weighted by atomic mass is 9.81. The molecule has 130 valence electrons. The summed E-state index contributed by atoms with van der Waals surface area (Å²) in [5.74, 6) is 1.39. The van der Waals surface area contributed by atoms with Crippen LogP contribution in [0.5, 0.6) is 0 Å². The zero-order valence-corrected chi connectivity index (χ0v) is 14.9. The van der Waals surface area contributed by atoms with Gasteiger partial charge in [0.25, 0.3) is 0 Å². The van der Waals surface area contributed by atoms with Crippen LogP contribution in [0.3, 0.4) is 0 Å². The van der Waals surface area contributed by atoms with Crippen molar-refractivity contribution in [2.45, 2.75) is 59.0 Å². The Balaban J connectivity index is 1.88. The first-order chi connectivity index (χ1) is 10.7. The van der Waals surface area contributed by atoms with Gasteiger partial charge in [-0.15, -0.1) is 0 Å². The van der Waals surface area contributed by atoms with Crippen LogP contribution in [-0.2, 0) is 7.05 Å². The van der Waals surface area contributed by atoms with Gasteiger partial charge in [0.1, 0.15) is 5.82 Å². The Morgan fingerprint density at radius 1 is 1.48 bits per heavy atom. The average Bonchev–Trinajstić information content (AvgIpc) is 2.74. The highest BCUT2D eigenvalue weighted by Gasteiger charge is 2.30. The van der Waals surface area contributed by atoms with Gasteiger partial charge in [0, 0.05) is 31.0 Å². The van der Waals surface area contributed by atoms with Crippen molar-refractivity contribution in [3.63, 3.8) is 0 Å². The van der Waals surface area contributed by atoms with Gasteiger partial charge in [-0.05, 0) is 18.8 Å². The van der Waals surface area contributed by atoms with Crippen LogP contribution < -0.4 is 10.6 Å². The summed E-state index contributed by atoms with van der Waals surface area (Å²) in [6, 6.07) is 1.69. The van der Waals surface area contributed by atoms with E-state index in [0.29, 0.717) is 18.3 Å². The second-order valence-corrected chi connectivity index (χ2v) is 7.69. The van der Waals surface area contributed by atoms with Crippen LogP contribution in [0.15, 0.2) is 6.07 Å². The van der Waals surface area contributed by atoms with Gasteiger partial charge in [-0.1, -0.05) is 34.1 Å².